The molecule has 0 saturated heterocycles. The lowest BCUT2D eigenvalue weighted by Gasteiger charge is -2.10. The van der Waals surface area contributed by atoms with Gasteiger partial charge in [0.2, 0.25) is 0 Å². The van der Waals surface area contributed by atoms with Gasteiger partial charge in [-0.15, -0.1) is 0 Å². The number of hydrogen-bond acceptors (Lipinski definition) is 2. The van der Waals surface area contributed by atoms with E-state index in [2.05, 4.69) is 35.1 Å². The summed E-state index contributed by atoms with van der Waals surface area (Å²) in [5.41, 5.74) is 1.38. The number of nitrogens with zero attached hydrogens (tertiary/aromatic N) is 1. The molecule has 0 bridgehead atoms. The molecule has 1 aromatic heterocycles. The third kappa shape index (κ3) is 6.22. The molecule has 0 atom stereocenters. The van der Waals surface area contributed by atoms with E-state index in [1.807, 2.05) is 0 Å². The number of nitrogens with one attached hydrogen (secondary N) is 1. The van der Waals surface area contributed by atoms with Crippen LogP contribution in [0.3, 0.4) is 0 Å². The number of hydrogen-bond donors (Lipinski definition) is 1. The first-order chi connectivity index (χ1) is 8.88. The minimum Gasteiger partial charge on any atom is -0.383 e. The molecule has 18 heavy (non-hydrogen) atoms. The van der Waals surface area contributed by atoms with Gasteiger partial charge in [-0.1, -0.05) is 32.6 Å². The first kappa shape index (κ1) is 15.3. The van der Waals surface area contributed by atoms with Gasteiger partial charge in [-0.2, -0.15) is 0 Å². The highest BCUT2D eigenvalue weighted by Gasteiger charge is 2.00. The second-order valence-electron chi connectivity index (χ2n) is 4.78. The van der Waals surface area contributed by atoms with E-state index in [0.717, 1.165) is 26.2 Å². The van der Waals surface area contributed by atoms with Crippen LogP contribution in [0.5, 0.6) is 0 Å². The van der Waals surface area contributed by atoms with Crippen LogP contribution < -0.4 is 5.32 Å². The largest absolute Gasteiger partial charge is 0.383 e. The van der Waals surface area contributed by atoms with E-state index in [1.54, 1.807) is 7.11 Å². The highest BCUT2D eigenvalue weighted by atomic mass is 16.5. The van der Waals surface area contributed by atoms with Crippen molar-refractivity contribution >= 4 is 0 Å². The highest BCUT2D eigenvalue weighted by Crippen LogP contribution is 2.07. The number of ether oxygens (including phenoxy) is 1. The summed E-state index contributed by atoms with van der Waals surface area (Å²) in [7, 11) is 1.74. The van der Waals surface area contributed by atoms with E-state index in [1.165, 1.54) is 37.8 Å². The monoisotopic (exact) mass is 252 g/mol. The molecule has 0 unspecified atom stereocenters. The second kappa shape index (κ2) is 10.2. The molecule has 0 radical (unpaired) electrons. The number of rotatable bonds is 11. The van der Waals surface area contributed by atoms with E-state index >= 15 is 0 Å². The van der Waals surface area contributed by atoms with Crippen molar-refractivity contribution in [2.45, 2.75) is 52.1 Å². The van der Waals surface area contributed by atoms with Crippen LogP contribution in [0.1, 0.15) is 44.7 Å². The Morgan fingerprint density at radius 2 is 2.06 bits per heavy atom. The van der Waals surface area contributed by atoms with E-state index in [-0.39, 0.29) is 0 Å². The molecular weight excluding hydrogens is 224 g/mol. The maximum atomic E-state index is 5.02. The summed E-state index contributed by atoms with van der Waals surface area (Å²) in [6.07, 6.45) is 8.89. The van der Waals surface area contributed by atoms with Gasteiger partial charge < -0.3 is 14.6 Å². The molecule has 0 aliphatic carbocycles. The zero-order chi connectivity index (χ0) is 13.1. The van der Waals surface area contributed by atoms with Crippen molar-refractivity contribution in [1.29, 1.82) is 0 Å². The third-order valence-electron chi connectivity index (χ3n) is 3.22. The van der Waals surface area contributed by atoms with Crippen LogP contribution in [-0.2, 0) is 17.8 Å². The smallest absolute Gasteiger partial charge is 0.0587 e. The minimum absolute atomic E-state index is 0.776. The van der Waals surface area contributed by atoms with Crippen LogP contribution in [0.15, 0.2) is 18.3 Å². The zero-order valence-electron chi connectivity index (χ0n) is 12.0. The van der Waals surface area contributed by atoms with E-state index in [9.17, 15) is 0 Å². The fourth-order valence-corrected chi connectivity index (χ4v) is 2.10. The first-order valence-corrected chi connectivity index (χ1v) is 7.22. The standard InChI is InChI=1S/C15H28N2O/c1-3-4-5-6-7-11-17-12-8-9-15(17)14-16-10-13-18-2/h8-9,12,16H,3-7,10-11,13-14H2,1-2H3. The molecule has 1 heterocycles. The van der Waals surface area contributed by atoms with Gasteiger partial charge in [-0.25, -0.2) is 0 Å². The van der Waals surface area contributed by atoms with Crippen molar-refractivity contribution in [3.8, 4) is 0 Å². The summed E-state index contributed by atoms with van der Waals surface area (Å²) in [4.78, 5) is 0. The molecule has 3 nitrogen and oxygen atoms in total. The predicted molar refractivity (Wildman–Crippen MR) is 76.8 cm³/mol. The maximum absolute atomic E-state index is 5.02. The molecule has 0 fully saturated rings. The Morgan fingerprint density at radius 3 is 2.83 bits per heavy atom. The van der Waals surface area contributed by atoms with Crippen LogP contribution in [0.25, 0.3) is 0 Å². The molecule has 104 valence electrons. The van der Waals surface area contributed by atoms with E-state index < -0.39 is 0 Å². The van der Waals surface area contributed by atoms with Gasteiger partial charge in [0.25, 0.3) is 0 Å². The predicted octanol–water partition coefficient (Wildman–Crippen LogP) is 3.19. The number of aromatic nitrogens is 1. The maximum Gasteiger partial charge on any atom is 0.0587 e. The Kier molecular flexibility index (Phi) is 8.61. The van der Waals surface area contributed by atoms with Crippen molar-refractivity contribution in [3.05, 3.63) is 24.0 Å². The van der Waals surface area contributed by atoms with E-state index in [4.69, 9.17) is 4.74 Å². The molecule has 1 rings (SSSR count). The lowest BCUT2D eigenvalue weighted by Crippen LogP contribution is -2.20. The quantitative estimate of drug-likeness (QED) is 0.612. The summed E-state index contributed by atoms with van der Waals surface area (Å²) >= 11 is 0. The summed E-state index contributed by atoms with van der Waals surface area (Å²) < 4.78 is 7.39. The van der Waals surface area contributed by atoms with Gasteiger partial charge in [0, 0.05) is 38.6 Å². The van der Waals surface area contributed by atoms with Gasteiger partial charge >= 0.3 is 0 Å². The Hall–Kier alpha value is -0.800. The van der Waals surface area contributed by atoms with Crippen molar-refractivity contribution in [2.75, 3.05) is 20.3 Å². The Bertz CT molecular complexity index is 296. The van der Waals surface area contributed by atoms with Crippen molar-refractivity contribution in [1.82, 2.24) is 9.88 Å². The third-order valence-corrected chi connectivity index (χ3v) is 3.22. The summed E-state index contributed by atoms with van der Waals surface area (Å²) in [5, 5.41) is 3.39. The summed E-state index contributed by atoms with van der Waals surface area (Å²) in [5.74, 6) is 0. The molecule has 1 aromatic rings. The van der Waals surface area contributed by atoms with Crippen LogP contribution in [0.4, 0.5) is 0 Å². The van der Waals surface area contributed by atoms with Gasteiger partial charge in [-0.3, -0.25) is 0 Å². The molecule has 0 aliphatic heterocycles. The fourth-order valence-electron chi connectivity index (χ4n) is 2.10. The molecule has 3 heteroatoms. The number of methoxy groups -OCH3 is 1. The highest BCUT2D eigenvalue weighted by molar-refractivity contribution is 5.06. The average Bonchev–Trinajstić information content (AvgIpc) is 2.82. The number of aryl methyl sites for hydroxylation is 1. The first-order valence-electron chi connectivity index (χ1n) is 7.22. The Morgan fingerprint density at radius 1 is 1.22 bits per heavy atom. The van der Waals surface area contributed by atoms with Gasteiger partial charge in [0.1, 0.15) is 0 Å². The van der Waals surface area contributed by atoms with Crippen molar-refractivity contribution in [2.24, 2.45) is 0 Å². The minimum atomic E-state index is 0.776. The fraction of sp³-hybridized carbons (Fsp3) is 0.733. The average molecular weight is 252 g/mol. The molecule has 1 N–H and O–H groups in total. The van der Waals surface area contributed by atoms with E-state index in [0.29, 0.717) is 0 Å². The van der Waals surface area contributed by atoms with Gasteiger partial charge in [0.15, 0.2) is 0 Å². The van der Waals surface area contributed by atoms with Gasteiger partial charge in [-0.05, 0) is 18.6 Å². The van der Waals surface area contributed by atoms with Crippen LogP contribution in [0, 0.1) is 0 Å². The molecule has 0 aliphatic rings. The normalized spacial score (nSPS) is 11.0. The molecule has 0 aromatic carbocycles. The Labute approximate surface area is 112 Å². The molecule has 0 saturated carbocycles. The molecule has 0 amide bonds. The summed E-state index contributed by atoms with van der Waals surface area (Å²) in [6.45, 7) is 6.04. The van der Waals surface area contributed by atoms with Gasteiger partial charge in [0.05, 0.1) is 6.61 Å². The van der Waals surface area contributed by atoms with Crippen molar-refractivity contribution in [3.63, 3.8) is 0 Å². The molecule has 0 spiro atoms. The zero-order valence-corrected chi connectivity index (χ0v) is 12.0. The molecular formula is C15H28N2O. The van der Waals surface area contributed by atoms with Crippen molar-refractivity contribution < 1.29 is 4.74 Å². The lowest BCUT2D eigenvalue weighted by atomic mass is 10.1. The topological polar surface area (TPSA) is 26.2 Å². The lowest BCUT2D eigenvalue weighted by molar-refractivity contribution is 0.199. The number of unbranched alkanes of at least 4 members (excludes halogenated alkanes) is 4. The SMILES string of the molecule is CCCCCCCn1cccc1CNCCOC. The summed E-state index contributed by atoms with van der Waals surface area (Å²) in [6, 6.07) is 4.34. The van der Waals surface area contributed by atoms with Crippen LogP contribution in [-0.4, -0.2) is 24.8 Å². The Balaban J connectivity index is 2.18. The second-order valence-corrected chi connectivity index (χ2v) is 4.78. The van der Waals surface area contributed by atoms with Crippen LogP contribution >= 0.6 is 0 Å². The van der Waals surface area contributed by atoms with Crippen LogP contribution in [0.2, 0.25) is 0 Å².